The largest absolute Gasteiger partial charge is 0.497 e. The zero-order valence-corrected chi connectivity index (χ0v) is 14.8. The highest BCUT2D eigenvalue weighted by atomic mass is 19.4. The minimum atomic E-state index is -4.56. The van der Waals surface area contributed by atoms with Gasteiger partial charge in [-0.2, -0.15) is 18.3 Å². The van der Waals surface area contributed by atoms with Crippen LogP contribution in [0.2, 0.25) is 0 Å². The number of benzene rings is 2. The minimum Gasteiger partial charge on any atom is -0.497 e. The number of hydrogen-bond donors (Lipinski definition) is 2. The molecule has 0 saturated heterocycles. The number of methoxy groups -OCH3 is 2. The molecule has 0 bridgehead atoms. The first kappa shape index (κ1) is 20.7. The molecule has 0 heterocycles. The molecular formula is C18H16F3N3O4. The number of nitrogens with one attached hydrogen (secondary N) is 2. The van der Waals surface area contributed by atoms with Crippen LogP contribution in [0.1, 0.15) is 11.1 Å². The summed E-state index contributed by atoms with van der Waals surface area (Å²) in [5.41, 5.74) is 1.37. The van der Waals surface area contributed by atoms with E-state index in [1.54, 1.807) is 18.2 Å². The molecule has 0 aliphatic rings. The summed E-state index contributed by atoms with van der Waals surface area (Å²) in [5.74, 6) is -1.34. The van der Waals surface area contributed by atoms with E-state index < -0.39 is 23.6 Å². The van der Waals surface area contributed by atoms with Crippen LogP contribution in [0.25, 0.3) is 0 Å². The highest BCUT2D eigenvalue weighted by molar-refractivity contribution is 6.39. The molecule has 10 heteroatoms. The van der Waals surface area contributed by atoms with E-state index in [0.29, 0.717) is 17.1 Å². The van der Waals surface area contributed by atoms with Crippen LogP contribution in [0.4, 0.5) is 18.9 Å². The predicted molar refractivity (Wildman–Crippen MR) is 95.4 cm³/mol. The molecule has 7 nitrogen and oxygen atoms in total. The van der Waals surface area contributed by atoms with Crippen molar-refractivity contribution >= 4 is 23.7 Å². The predicted octanol–water partition coefficient (Wildman–Crippen LogP) is 2.81. The van der Waals surface area contributed by atoms with Gasteiger partial charge in [-0.15, -0.1) is 0 Å². The molecule has 0 aliphatic carbocycles. The van der Waals surface area contributed by atoms with Gasteiger partial charge in [0.25, 0.3) is 0 Å². The number of alkyl halides is 3. The monoisotopic (exact) mass is 395 g/mol. The van der Waals surface area contributed by atoms with Crippen molar-refractivity contribution in [1.82, 2.24) is 5.43 Å². The van der Waals surface area contributed by atoms with E-state index in [1.165, 1.54) is 26.5 Å². The molecule has 28 heavy (non-hydrogen) atoms. The zero-order valence-electron chi connectivity index (χ0n) is 14.8. The summed E-state index contributed by atoms with van der Waals surface area (Å²) in [6.07, 6.45) is -3.32. The molecule has 2 rings (SSSR count). The van der Waals surface area contributed by atoms with Crippen LogP contribution in [-0.2, 0) is 15.8 Å². The summed E-state index contributed by atoms with van der Waals surface area (Å²) in [5, 5.41) is 5.71. The first-order chi connectivity index (χ1) is 13.2. The van der Waals surface area contributed by atoms with E-state index in [9.17, 15) is 22.8 Å². The van der Waals surface area contributed by atoms with Crippen molar-refractivity contribution < 1.29 is 32.2 Å². The fourth-order valence-corrected chi connectivity index (χ4v) is 2.10. The summed E-state index contributed by atoms with van der Waals surface area (Å²) in [4.78, 5) is 23.6. The standard InChI is InChI=1S/C18H16F3N3O4/c1-27-14-7-6-11(15(9-14)28-2)10-22-24-17(26)16(25)23-13-5-3-4-12(8-13)18(19,20)21/h3-10H,1-2H3,(H,23,25)(H,24,26). The molecule has 0 unspecified atom stereocenters. The van der Waals surface area contributed by atoms with Gasteiger partial charge < -0.3 is 14.8 Å². The van der Waals surface area contributed by atoms with Crippen molar-refractivity contribution in [3.05, 3.63) is 53.6 Å². The van der Waals surface area contributed by atoms with Crippen LogP contribution in [-0.4, -0.2) is 32.2 Å². The maximum Gasteiger partial charge on any atom is 0.416 e. The molecule has 0 atom stereocenters. The van der Waals surface area contributed by atoms with E-state index in [4.69, 9.17) is 9.47 Å². The number of ether oxygens (including phenoxy) is 2. The third-order valence-electron chi connectivity index (χ3n) is 3.46. The third kappa shape index (κ3) is 5.47. The summed E-state index contributed by atoms with van der Waals surface area (Å²) >= 11 is 0. The van der Waals surface area contributed by atoms with Gasteiger partial charge in [0.2, 0.25) is 0 Å². The molecule has 2 aromatic rings. The third-order valence-corrected chi connectivity index (χ3v) is 3.46. The number of nitrogens with zero attached hydrogens (tertiary/aromatic N) is 1. The Balaban J connectivity index is 2.00. The molecule has 0 spiro atoms. The molecule has 0 saturated carbocycles. The minimum absolute atomic E-state index is 0.171. The topological polar surface area (TPSA) is 89.0 Å². The number of anilines is 1. The maximum absolute atomic E-state index is 12.7. The zero-order chi connectivity index (χ0) is 20.7. The Morgan fingerprint density at radius 2 is 1.79 bits per heavy atom. The van der Waals surface area contributed by atoms with Gasteiger partial charge in [0.1, 0.15) is 11.5 Å². The molecule has 2 aromatic carbocycles. The average molecular weight is 395 g/mol. The quantitative estimate of drug-likeness (QED) is 0.463. The number of hydrazone groups is 1. The van der Waals surface area contributed by atoms with Gasteiger partial charge in [-0.05, 0) is 30.3 Å². The van der Waals surface area contributed by atoms with Crippen molar-refractivity contribution in [2.45, 2.75) is 6.18 Å². The lowest BCUT2D eigenvalue weighted by Gasteiger charge is -2.09. The Bertz CT molecular complexity index is 898. The van der Waals surface area contributed by atoms with Gasteiger partial charge in [-0.25, -0.2) is 5.43 Å². The maximum atomic E-state index is 12.7. The number of halogens is 3. The lowest BCUT2D eigenvalue weighted by Crippen LogP contribution is -2.32. The van der Waals surface area contributed by atoms with Crippen molar-refractivity contribution in [1.29, 1.82) is 0 Å². The first-order valence-electron chi connectivity index (χ1n) is 7.78. The fourth-order valence-electron chi connectivity index (χ4n) is 2.10. The van der Waals surface area contributed by atoms with Crippen molar-refractivity contribution in [2.24, 2.45) is 5.10 Å². The second-order valence-electron chi connectivity index (χ2n) is 5.34. The van der Waals surface area contributed by atoms with Crippen LogP contribution in [0.3, 0.4) is 0 Å². The number of rotatable bonds is 5. The Morgan fingerprint density at radius 3 is 2.43 bits per heavy atom. The SMILES string of the molecule is COc1ccc(C=NNC(=O)C(=O)Nc2cccc(C(F)(F)F)c2)c(OC)c1. The molecule has 0 fully saturated rings. The van der Waals surface area contributed by atoms with Gasteiger partial charge in [0, 0.05) is 17.3 Å². The van der Waals surface area contributed by atoms with Crippen molar-refractivity contribution in [3.63, 3.8) is 0 Å². The number of carbonyl (C=O) groups is 2. The molecule has 0 aromatic heterocycles. The lowest BCUT2D eigenvalue weighted by atomic mass is 10.2. The molecule has 148 valence electrons. The van der Waals surface area contributed by atoms with Gasteiger partial charge in [0.15, 0.2) is 0 Å². The summed E-state index contributed by atoms with van der Waals surface area (Å²) in [7, 11) is 2.93. The van der Waals surface area contributed by atoms with Crippen molar-refractivity contribution in [2.75, 3.05) is 19.5 Å². The van der Waals surface area contributed by atoms with Gasteiger partial charge in [-0.3, -0.25) is 9.59 Å². The average Bonchev–Trinajstić information content (AvgIpc) is 2.67. The fraction of sp³-hybridized carbons (Fsp3) is 0.167. The highest BCUT2D eigenvalue weighted by Crippen LogP contribution is 2.30. The van der Waals surface area contributed by atoms with Crippen LogP contribution < -0.4 is 20.2 Å². The van der Waals surface area contributed by atoms with E-state index in [-0.39, 0.29) is 5.69 Å². The Hall–Kier alpha value is -3.56. The van der Waals surface area contributed by atoms with Crippen LogP contribution in [0.5, 0.6) is 11.5 Å². The summed E-state index contributed by atoms with van der Waals surface area (Å²) in [6, 6.07) is 8.78. The smallest absolute Gasteiger partial charge is 0.416 e. The van der Waals surface area contributed by atoms with Crippen LogP contribution in [0, 0.1) is 0 Å². The van der Waals surface area contributed by atoms with E-state index in [0.717, 1.165) is 18.2 Å². The van der Waals surface area contributed by atoms with E-state index in [2.05, 4.69) is 10.4 Å². The van der Waals surface area contributed by atoms with Crippen molar-refractivity contribution in [3.8, 4) is 11.5 Å². The second-order valence-corrected chi connectivity index (χ2v) is 5.34. The highest BCUT2D eigenvalue weighted by Gasteiger charge is 2.30. The number of hydrogen-bond acceptors (Lipinski definition) is 5. The normalized spacial score (nSPS) is 11.2. The van der Waals surface area contributed by atoms with E-state index in [1.807, 2.05) is 5.43 Å². The first-order valence-corrected chi connectivity index (χ1v) is 7.78. The van der Waals surface area contributed by atoms with Gasteiger partial charge in [0.05, 0.1) is 26.0 Å². The molecule has 2 N–H and O–H groups in total. The molecule has 2 amide bonds. The lowest BCUT2D eigenvalue weighted by molar-refractivity contribution is -0.137. The second kappa shape index (κ2) is 8.89. The van der Waals surface area contributed by atoms with Crippen LogP contribution >= 0.6 is 0 Å². The molecule has 0 aliphatic heterocycles. The Kier molecular flexibility index (Phi) is 6.59. The Labute approximate surface area is 158 Å². The number of carbonyl (C=O) groups excluding carboxylic acids is 2. The Morgan fingerprint density at radius 1 is 1.04 bits per heavy atom. The number of amides is 2. The van der Waals surface area contributed by atoms with Gasteiger partial charge >= 0.3 is 18.0 Å². The van der Waals surface area contributed by atoms with E-state index >= 15 is 0 Å². The molecular weight excluding hydrogens is 379 g/mol. The molecule has 0 radical (unpaired) electrons. The van der Waals surface area contributed by atoms with Crippen LogP contribution in [0.15, 0.2) is 47.6 Å². The van der Waals surface area contributed by atoms with Gasteiger partial charge in [-0.1, -0.05) is 6.07 Å². The summed E-state index contributed by atoms with van der Waals surface area (Å²) < 4.78 is 48.2. The summed E-state index contributed by atoms with van der Waals surface area (Å²) in [6.45, 7) is 0.